The highest BCUT2D eigenvalue weighted by Crippen LogP contribution is 2.32. The van der Waals surface area contributed by atoms with E-state index in [4.69, 9.17) is 14.2 Å². The lowest BCUT2D eigenvalue weighted by molar-refractivity contribution is -0.113. The predicted molar refractivity (Wildman–Crippen MR) is 175 cm³/mol. The number of benzene rings is 4. The number of anilines is 1. The molecule has 2 heterocycles. The van der Waals surface area contributed by atoms with Gasteiger partial charge < -0.3 is 19.5 Å². The number of para-hydroxylation sites is 1. The van der Waals surface area contributed by atoms with Crippen LogP contribution in [0.4, 0.5) is 23.2 Å². The Balaban J connectivity index is 1.41. The highest BCUT2D eigenvalue weighted by atomic mass is 32.1. The second-order valence-corrected chi connectivity index (χ2v) is 11.8. The molecule has 8 nitrogen and oxygen atoms in total. The van der Waals surface area contributed by atoms with Gasteiger partial charge in [0.05, 0.1) is 36.1 Å². The van der Waals surface area contributed by atoms with Crippen LogP contribution in [-0.2, 0) is 11.4 Å². The van der Waals surface area contributed by atoms with Crippen LogP contribution in [0.15, 0.2) is 99.9 Å². The van der Waals surface area contributed by atoms with Gasteiger partial charge in [-0.25, -0.2) is 13.8 Å². The van der Waals surface area contributed by atoms with Crippen LogP contribution in [0, 0.1) is 23.3 Å². The average molecular weight is 690 g/mol. The molecule has 0 unspecified atom stereocenters. The summed E-state index contributed by atoms with van der Waals surface area (Å²) in [5.41, 5.74) is 2.28. The number of nitrogens with zero attached hydrogens (tertiary/aromatic N) is 2. The van der Waals surface area contributed by atoms with Crippen molar-refractivity contribution in [1.29, 1.82) is 0 Å². The molecule has 1 atom stereocenters. The molecule has 0 radical (unpaired) electrons. The van der Waals surface area contributed by atoms with E-state index in [2.05, 4.69) is 10.3 Å². The van der Waals surface area contributed by atoms with Crippen molar-refractivity contribution in [2.45, 2.75) is 19.6 Å². The molecular weight excluding hydrogens is 662 g/mol. The number of ether oxygens (including phenoxy) is 3. The van der Waals surface area contributed by atoms with E-state index in [1.165, 1.54) is 18.8 Å². The van der Waals surface area contributed by atoms with Gasteiger partial charge in [0.25, 0.3) is 11.5 Å². The van der Waals surface area contributed by atoms with Crippen molar-refractivity contribution in [2.24, 2.45) is 4.99 Å². The number of aromatic nitrogens is 1. The van der Waals surface area contributed by atoms with E-state index in [-0.39, 0.29) is 27.5 Å². The molecular formula is C36H27F4N3O5S. The summed E-state index contributed by atoms with van der Waals surface area (Å²) < 4.78 is 73.5. The number of fused-ring (bicyclic) bond motifs is 1. The van der Waals surface area contributed by atoms with Crippen LogP contribution in [0.1, 0.15) is 29.7 Å². The third-order valence-electron chi connectivity index (χ3n) is 7.78. The number of carbonyl (C=O) groups is 1. The van der Waals surface area contributed by atoms with Gasteiger partial charge in [0.2, 0.25) is 11.6 Å². The Morgan fingerprint density at radius 1 is 0.939 bits per heavy atom. The first-order valence-electron chi connectivity index (χ1n) is 14.7. The van der Waals surface area contributed by atoms with Gasteiger partial charge in [-0.1, -0.05) is 47.7 Å². The molecule has 1 aliphatic rings. The minimum atomic E-state index is -1.67. The maximum Gasteiger partial charge on any atom is 0.271 e. The van der Waals surface area contributed by atoms with Gasteiger partial charge in [-0.2, -0.15) is 8.78 Å². The molecule has 0 aliphatic carbocycles. The second-order valence-electron chi connectivity index (χ2n) is 10.8. The van der Waals surface area contributed by atoms with Crippen molar-refractivity contribution in [2.75, 3.05) is 19.5 Å². The fourth-order valence-corrected chi connectivity index (χ4v) is 6.46. The van der Waals surface area contributed by atoms with Crippen molar-refractivity contribution < 1.29 is 36.6 Å². The van der Waals surface area contributed by atoms with Gasteiger partial charge in [-0.3, -0.25) is 14.2 Å². The number of carbonyl (C=O) groups excluding carboxylic acids is 1. The lowest BCUT2D eigenvalue weighted by Gasteiger charge is -2.25. The Labute approximate surface area is 280 Å². The number of nitrogens with one attached hydrogen (secondary N) is 1. The molecule has 13 heteroatoms. The van der Waals surface area contributed by atoms with E-state index in [0.29, 0.717) is 33.1 Å². The van der Waals surface area contributed by atoms with Crippen molar-refractivity contribution in [3.63, 3.8) is 0 Å². The highest BCUT2D eigenvalue weighted by Gasteiger charge is 2.32. The van der Waals surface area contributed by atoms with E-state index in [1.807, 2.05) is 6.07 Å². The second kappa shape index (κ2) is 13.8. The molecule has 0 fully saturated rings. The third kappa shape index (κ3) is 6.57. The average Bonchev–Trinajstić information content (AvgIpc) is 3.40. The predicted octanol–water partition coefficient (Wildman–Crippen LogP) is 6.03. The summed E-state index contributed by atoms with van der Waals surface area (Å²) in [6, 6.07) is 20.0. The summed E-state index contributed by atoms with van der Waals surface area (Å²) in [6.45, 7) is 1.19. The molecule has 49 heavy (non-hydrogen) atoms. The van der Waals surface area contributed by atoms with E-state index >= 15 is 0 Å². The van der Waals surface area contributed by atoms with Gasteiger partial charge >= 0.3 is 0 Å². The molecule has 0 bridgehead atoms. The Morgan fingerprint density at radius 3 is 2.29 bits per heavy atom. The number of thiazole rings is 1. The Kier molecular flexibility index (Phi) is 9.36. The van der Waals surface area contributed by atoms with Gasteiger partial charge in [-0.15, -0.1) is 0 Å². The van der Waals surface area contributed by atoms with Crippen LogP contribution in [0.5, 0.6) is 17.2 Å². The molecule has 250 valence electrons. The number of amides is 1. The third-order valence-corrected chi connectivity index (χ3v) is 8.76. The van der Waals surface area contributed by atoms with Crippen molar-refractivity contribution in [3.05, 3.63) is 150 Å². The number of rotatable bonds is 9. The first-order chi connectivity index (χ1) is 23.6. The molecule has 4 aromatic carbocycles. The molecule has 1 amide bonds. The Hall–Kier alpha value is -5.69. The Morgan fingerprint density at radius 2 is 1.63 bits per heavy atom. The van der Waals surface area contributed by atoms with Crippen molar-refractivity contribution in [3.8, 4) is 17.2 Å². The zero-order valence-electron chi connectivity index (χ0n) is 26.2. The summed E-state index contributed by atoms with van der Waals surface area (Å²) in [7, 11) is 2.90. The standard InChI is InChI=1S/C36H27F4N3O5S/c1-19-29(34(44)42-23-7-5-4-6-8-23)32(21-10-12-24(46-2)13-11-21)43-35(45)28(49-36(43)41-19)16-20-9-14-27(47-3)22(15-20)18-48-33-30(39)25(37)17-26(38)31(33)40/h4-17,32H,18H2,1-3H3,(H,42,44)/b28-16+/t32-/m1/s1. The molecule has 1 aliphatic heterocycles. The minimum Gasteiger partial charge on any atom is -0.497 e. The van der Waals surface area contributed by atoms with Crippen LogP contribution in [-0.4, -0.2) is 24.7 Å². The molecule has 6 rings (SSSR count). The van der Waals surface area contributed by atoms with Gasteiger partial charge in [0.1, 0.15) is 18.1 Å². The van der Waals surface area contributed by atoms with Crippen LogP contribution in [0.25, 0.3) is 6.08 Å². The van der Waals surface area contributed by atoms with Crippen LogP contribution in [0.2, 0.25) is 0 Å². The van der Waals surface area contributed by atoms with Crippen LogP contribution in [0.3, 0.4) is 0 Å². The van der Waals surface area contributed by atoms with E-state index in [1.54, 1.807) is 79.7 Å². The van der Waals surface area contributed by atoms with Crippen LogP contribution >= 0.6 is 11.3 Å². The Bertz CT molecular complexity index is 2260. The molecule has 0 saturated carbocycles. The van der Waals surface area contributed by atoms with Crippen molar-refractivity contribution in [1.82, 2.24) is 4.57 Å². The monoisotopic (exact) mass is 689 g/mol. The number of halogens is 4. The number of hydrogen-bond acceptors (Lipinski definition) is 7. The first-order valence-corrected chi connectivity index (χ1v) is 15.6. The number of methoxy groups -OCH3 is 2. The topological polar surface area (TPSA) is 91.2 Å². The molecule has 0 saturated heterocycles. The summed E-state index contributed by atoms with van der Waals surface area (Å²) in [6.07, 6.45) is 1.59. The smallest absolute Gasteiger partial charge is 0.271 e. The van der Waals surface area contributed by atoms with Crippen LogP contribution < -0.4 is 34.4 Å². The largest absolute Gasteiger partial charge is 0.497 e. The maximum absolute atomic E-state index is 14.2. The summed E-state index contributed by atoms with van der Waals surface area (Å²) in [4.78, 5) is 32.9. The zero-order chi connectivity index (χ0) is 34.8. The van der Waals surface area contributed by atoms with E-state index < -0.39 is 53.1 Å². The minimum absolute atomic E-state index is 0.0913. The fraction of sp³-hybridized carbons (Fsp3) is 0.139. The first kappa shape index (κ1) is 33.2. The lowest BCUT2D eigenvalue weighted by atomic mass is 9.95. The quantitative estimate of drug-likeness (QED) is 0.151. The summed E-state index contributed by atoms with van der Waals surface area (Å²) in [5, 5.41) is 2.90. The highest BCUT2D eigenvalue weighted by molar-refractivity contribution is 7.07. The summed E-state index contributed by atoms with van der Waals surface area (Å²) in [5.74, 6) is -7.32. The lowest BCUT2D eigenvalue weighted by Crippen LogP contribution is -2.40. The maximum atomic E-state index is 14.2. The van der Waals surface area contributed by atoms with Gasteiger partial charge in [0.15, 0.2) is 22.2 Å². The molecule has 5 aromatic rings. The number of allylic oxidation sites excluding steroid dienone is 1. The molecule has 1 N–H and O–H groups in total. The van der Waals surface area contributed by atoms with Gasteiger partial charge in [0, 0.05) is 17.3 Å². The number of hydrogen-bond donors (Lipinski definition) is 1. The normalized spacial score (nSPS) is 14.3. The summed E-state index contributed by atoms with van der Waals surface area (Å²) >= 11 is 1.11. The molecule has 0 spiro atoms. The SMILES string of the molecule is COc1ccc([C@@H]2C(C(=O)Nc3ccccc3)=C(C)N=c3s/c(=C/c4ccc(OC)c(COc5c(F)c(F)cc(F)c5F)c4)c(=O)n32)cc1. The van der Waals surface area contributed by atoms with Gasteiger partial charge in [-0.05, 0) is 60.5 Å². The van der Waals surface area contributed by atoms with E-state index in [9.17, 15) is 27.2 Å². The zero-order valence-corrected chi connectivity index (χ0v) is 27.0. The fourth-order valence-electron chi connectivity index (χ4n) is 5.41. The van der Waals surface area contributed by atoms with Crippen molar-refractivity contribution >= 4 is 29.0 Å². The van der Waals surface area contributed by atoms with E-state index in [0.717, 1.165) is 11.3 Å². The molecule has 1 aromatic heterocycles.